The van der Waals surface area contributed by atoms with Crippen molar-refractivity contribution in [2.24, 2.45) is 23.7 Å². The van der Waals surface area contributed by atoms with Crippen molar-refractivity contribution in [2.75, 3.05) is 5.32 Å². The Kier molecular flexibility index (Phi) is 3.68. The van der Waals surface area contributed by atoms with Gasteiger partial charge in [-0.05, 0) is 36.5 Å². The van der Waals surface area contributed by atoms with Crippen LogP contribution in [0.2, 0.25) is 10.0 Å². The molecule has 2 N–H and O–H groups in total. The standard InChI is InChI=1S/C15H13Cl2NO3/c16-9-4-10(17)6-11(5-9)18-14(19)12-7-1-2-8(3-7)13(12)15(20)21/h1-2,4-8,12-13H,3H2,(H,18,19)(H,20,21)/t7-,8+,12-,13+/m0/s1. The molecule has 0 radical (unpaired) electrons. The molecule has 0 spiro atoms. The molecule has 0 heterocycles. The summed E-state index contributed by atoms with van der Waals surface area (Å²) in [6, 6.07) is 4.74. The van der Waals surface area contributed by atoms with Gasteiger partial charge in [0.1, 0.15) is 0 Å². The van der Waals surface area contributed by atoms with Crippen molar-refractivity contribution < 1.29 is 14.7 Å². The smallest absolute Gasteiger partial charge is 0.307 e. The van der Waals surface area contributed by atoms with E-state index in [1.54, 1.807) is 18.2 Å². The molecule has 6 heteroatoms. The molecule has 0 aromatic heterocycles. The van der Waals surface area contributed by atoms with E-state index >= 15 is 0 Å². The normalized spacial score (nSPS) is 29.6. The maximum atomic E-state index is 12.4. The lowest BCUT2D eigenvalue weighted by Gasteiger charge is -2.23. The highest BCUT2D eigenvalue weighted by Crippen LogP contribution is 2.48. The Bertz CT molecular complexity index is 624. The van der Waals surface area contributed by atoms with Gasteiger partial charge in [0.25, 0.3) is 0 Å². The molecule has 4 atom stereocenters. The van der Waals surface area contributed by atoms with Crippen molar-refractivity contribution in [2.45, 2.75) is 6.42 Å². The second-order valence-corrected chi connectivity index (χ2v) is 6.36. The zero-order valence-corrected chi connectivity index (χ0v) is 12.4. The Balaban J connectivity index is 1.82. The molecule has 21 heavy (non-hydrogen) atoms. The van der Waals surface area contributed by atoms with Crippen molar-refractivity contribution in [3.63, 3.8) is 0 Å². The number of halogens is 2. The molecule has 2 aliphatic carbocycles. The van der Waals surface area contributed by atoms with E-state index in [-0.39, 0.29) is 17.7 Å². The third-order valence-corrected chi connectivity index (χ3v) is 4.61. The molecule has 1 aromatic rings. The summed E-state index contributed by atoms with van der Waals surface area (Å²) in [6.07, 6.45) is 4.58. The van der Waals surface area contributed by atoms with Crippen LogP contribution in [0.5, 0.6) is 0 Å². The molecule has 1 fully saturated rings. The number of rotatable bonds is 3. The van der Waals surface area contributed by atoms with Gasteiger partial charge in [-0.3, -0.25) is 9.59 Å². The molecule has 0 saturated heterocycles. The SMILES string of the molecule is O=C(Nc1cc(Cl)cc(Cl)c1)[C@@H]1[C@H](C(=O)O)[C@@H]2C=C[C@H]1C2. The van der Waals surface area contributed by atoms with Gasteiger partial charge in [0.15, 0.2) is 0 Å². The number of nitrogens with one attached hydrogen (secondary N) is 1. The first-order chi connectivity index (χ1) is 9.95. The van der Waals surface area contributed by atoms with E-state index in [2.05, 4.69) is 5.32 Å². The minimum Gasteiger partial charge on any atom is -0.481 e. The molecule has 0 aliphatic heterocycles. The molecule has 0 unspecified atom stereocenters. The molecule has 1 aromatic carbocycles. The number of carbonyl (C=O) groups excluding carboxylic acids is 1. The maximum Gasteiger partial charge on any atom is 0.307 e. The molecule has 110 valence electrons. The fourth-order valence-corrected chi connectivity index (χ4v) is 3.89. The third-order valence-electron chi connectivity index (χ3n) is 4.18. The number of carbonyl (C=O) groups is 2. The molecule has 1 amide bonds. The number of benzene rings is 1. The lowest BCUT2D eigenvalue weighted by molar-refractivity contribution is -0.146. The van der Waals surface area contributed by atoms with E-state index in [0.717, 1.165) is 6.42 Å². The second kappa shape index (κ2) is 5.35. The number of amides is 1. The van der Waals surface area contributed by atoms with Gasteiger partial charge in [-0.1, -0.05) is 35.4 Å². The summed E-state index contributed by atoms with van der Waals surface area (Å²) in [7, 11) is 0. The van der Waals surface area contributed by atoms with E-state index in [9.17, 15) is 14.7 Å². The largest absolute Gasteiger partial charge is 0.481 e. The van der Waals surface area contributed by atoms with Gasteiger partial charge in [0.05, 0.1) is 11.8 Å². The second-order valence-electron chi connectivity index (χ2n) is 5.49. The molecular weight excluding hydrogens is 313 g/mol. The van der Waals surface area contributed by atoms with E-state index in [1.807, 2.05) is 12.2 Å². The van der Waals surface area contributed by atoms with Gasteiger partial charge >= 0.3 is 5.97 Å². The van der Waals surface area contributed by atoms with E-state index in [0.29, 0.717) is 15.7 Å². The summed E-state index contributed by atoms with van der Waals surface area (Å²) in [5, 5.41) is 12.9. The molecule has 2 bridgehead atoms. The molecule has 1 saturated carbocycles. The Labute approximate surface area is 131 Å². The molecule has 2 aliphatic rings. The number of carboxylic acid groups (broad SMARTS) is 1. The highest BCUT2D eigenvalue weighted by molar-refractivity contribution is 6.35. The Hall–Kier alpha value is -1.52. The van der Waals surface area contributed by atoms with E-state index in [1.165, 1.54) is 0 Å². The van der Waals surface area contributed by atoms with Gasteiger partial charge in [0.2, 0.25) is 5.91 Å². The summed E-state index contributed by atoms with van der Waals surface area (Å²) >= 11 is 11.8. The summed E-state index contributed by atoms with van der Waals surface area (Å²) in [5.74, 6) is -2.48. The first kappa shape index (κ1) is 14.4. The van der Waals surface area contributed by atoms with Crippen LogP contribution in [0.4, 0.5) is 5.69 Å². The van der Waals surface area contributed by atoms with Gasteiger partial charge in [-0.15, -0.1) is 0 Å². The van der Waals surface area contributed by atoms with Crippen LogP contribution in [0.1, 0.15) is 6.42 Å². The first-order valence-electron chi connectivity index (χ1n) is 6.64. The summed E-state index contributed by atoms with van der Waals surface area (Å²) in [4.78, 5) is 23.9. The summed E-state index contributed by atoms with van der Waals surface area (Å²) < 4.78 is 0. The summed E-state index contributed by atoms with van der Waals surface area (Å²) in [5.41, 5.74) is 0.480. The van der Waals surface area contributed by atoms with Gasteiger partial charge in [-0.25, -0.2) is 0 Å². The lowest BCUT2D eigenvalue weighted by atomic mass is 9.82. The van der Waals surface area contributed by atoms with Gasteiger partial charge in [-0.2, -0.15) is 0 Å². The van der Waals surface area contributed by atoms with Crippen molar-refractivity contribution in [3.05, 3.63) is 40.4 Å². The number of allylic oxidation sites excluding steroid dienone is 2. The number of hydrogen-bond acceptors (Lipinski definition) is 2. The van der Waals surface area contributed by atoms with Gasteiger partial charge < -0.3 is 10.4 Å². The van der Waals surface area contributed by atoms with Crippen LogP contribution in [0, 0.1) is 23.7 Å². The van der Waals surface area contributed by atoms with Crippen molar-refractivity contribution in [1.29, 1.82) is 0 Å². The fraction of sp³-hybridized carbons (Fsp3) is 0.333. The zero-order chi connectivity index (χ0) is 15.1. The van der Waals surface area contributed by atoms with Gasteiger partial charge in [0, 0.05) is 15.7 Å². The topological polar surface area (TPSA) is 66.4 Å². The number of aliphatic carboxylic acids is 1. The highest BCUT2D eigenvalue weighted by Gasteiger charge is 2.51. The third kappa shape index (κ3) is 2.65. The van der Waals surface area contributed by atoms with Crippen LogP contribution in [0.25, 0.3) is 0 Å². The first-order valence-corrected chi connectivity index (χ1v) is 7.39. The van der Waals surface area contributed by atoms with Crippen LogP contribution in [0.3, 0.4) is 0 Å². The minimum absolute atomic E-state index is 0.00856. The van der Waals surface area contributed by atoms with Crippen LogP contribution in [0.15, 0.2) is 30.4 Å². The number of carboxylic acids is 1. The highest BCUT2D eigenvalue weighted by atomic mass is 35.5. The van der Waals surface area contributed by atoms with E-state index < -0.39 is 17.8 Å². The maximum absolute atomic E-state index is 12.4. The predicted molar refractivity (Wildman–Crippen MR) is 80.4 cm³/mol. The number of fused-ring (bicyclic) bond motifs is 2. The fourth-order valence-electron chi connectivity index (χ4n) is 3.37. The average molecular weight is 326 g/mol. The lowest BCUT2D eigenvalue weighted by Crippen LogP contribution is -2.36. The number of anilines is 1. The van der Waals surface area contributed by atoms with Crippen LogP contribution in [-0.4, -0.2) is 17.0 Å². The number of hydrogen-bond donors (Lipinski definition) is 2. The van der Waals surface area contributed by atoms with Crippen LogP contribution >= 0.6 is 23.2 Å². The Morgan fingerprint density at radius 1 is 1.05 bits per heavy atom. The quantitative estimate of drug-likeness (QED) is 0.836. The predicted octanol–water partition coefficient (Wildman–Crippen LogP) is 3.45. The Morgan fingerprint density at radius 2 is 1.62 bits per heavy atom. The molecule has 4 nitrogen and oxygen atoms in total. The molecular formula is C15H13Cl2NO3. The van der Waals surface area contributed by atoms with Crippen molar-refractivity contribution in [1.82, 2.24) is 0 Å². The molecule has 3 rings (SSSR count). The Morgan fingerprint density at radius 3 is 2.19 bits per heavy atom. The van der Waals surface area contributed by atoms with E-state index in [4.69, 9.17) is 23.2 Å². The van der Waals surface area contributed by atoms with Crippen molar-refractivity contribution in [3.8, 4) is 0 Å². The zero-order valence-electron chi connectivity index (χ0n) is 10.9. The van der Waals surface area contributed by atoms with Crippen molar-refractivity contribution >= 4 is 40.8 Å². The summed E-state index contributed by atoms with van der Waals surface area (Å²) in [6.45, 7) is 0. The minimum atomic E-state index is -0.920. The van der Waals surface area contributed by atoms with Crippen LogP contribution < -0.4 is 5.32 Å². The average Bonchev–Trinajstić information content (AvgIpc) is 2.96. The monoisotopic (exact) mass is 325 g/mol. The van der Waals surface area contributed by atoms with Crippen LogP contribution in [-0.2, 0) is 9.59 Å².